The van der Waals surface area contributed by atoms with E-state index in [1.165, 1.54) is 54.4 Å². The Labute approximate surface area is 338 Å². The highest BCUT2D eigenvalue weighted by molar-refractivity contribution is 6.22. The molecule has 4 heteroatoms. The third-order valence-corrected chi connectivity index (χ3v) is 12.2. The predicted molar refractivity (Wildman–Crippen MR) is 246 cm³/mol. The molecule has 4 heterocycles. The largest absolute Gasteiger partial charge is 0.454 e. The van der Waals surface area contributed by atoms with E-state index in [4.69, 9.17) is 9.40 Å². The van der Waals surface area contributed by atoms with E-state index in [9.17, 15) is 0 Å². The standard InChI is InChI=1S/C55H33N3O/c1-2-14-37-32-47-46(31-36(37)13-1)53-45-19-7-12-24-52(45)59-55(53)54(56-47)35-27-25-34(26-28-35)38-29-39(57-48-20-8-3-15-41(48)42-16-4-9-21-49(42)57)33-40(30-38)58-50-22-10-5-17-43(50)44-18-6-11-23-51(44)58/h1-33H. The van der Waals surface area contributed by atoms with Crippen molar-refractivity contribution in [2.45, 2.75) is 0 Å². The van der Waals surface area contributed by atoms with Gasteiger partial charge in [-0.05, 0) is 82.6 Å². The van der Waals surface area contributed by atoms with E-state index < -0.39 is 0 Å². The van der Waals surface area contributed by atoms with E-state index in [1.54, 1.807) is 0 Å². The van der Waals surface area contributed by atoms with Gasteiger partial charge in [-0.25, -0.2) is 4.98 Å². The van der Waals surface area contributed by atoms with E-state index in [2.05, 4.69) is 197 Å². The Balaban J connectivity index is 1.04. The lowest BCUT2D eigenvalue weighted by Gasteiger charge is -2.16. The van der Waals surface area contributed by atoms with E-state index in [0.29, 0.717) is 0 Å². The molecule has 0 aliphatic heterocycles. The molecular formula is C55H33N3O. The molecule has 9 aromatic carbocycles. The molecule has 0 N–H and O–H groups in total. The number of furan rings is 1. The number of benzene rings is 9. The number of fused-ring (bicyclic) bond motifs is 12. The van der Waals surface area contributed by atoms with Crippen LogP contribution in [0, 0.1) is 0 Å². The smallest absolute Gasteiger partial charge is 0.162 e. The van der Waals surface area contributed by atoms with Crippen LogP contribution in [0.4, 0.5) is 0 Å². The highest BCUT2D eigenvalue weighted by atomic mass is 16.3. The lowest BCUT2D eigenvalue weighted by Crippen LogP contribution is -2.00. The van der Waals surface area contributed by atoms with Crippen molar-refractivity contribution in [3.63, 3.8) is 0 Å². The summed E-state index contributed by atoms with van der Waals surface area (Å²) >= 11 is 0. The van der Waals surface area contributed by atoms with Crippen molar-refractivity contribution in [2.75, 3.05) is 0 Å². The minimum atomic E-state index is 0.809. The zero-order valence-corrected chi connectivity index (χ0v) is 31.8. The fourth-order valence-corrected chi connectivity index (χ4v) is 9.61. The van der Waals surface area contributed by atoms with E-state index in [-0.39, 0.29) is 0 Å². The molecule has 0 bridgehead atoms. The van der Waals surface area contributed by atoms with Crippen LogP contribution in [-0.2, 0) is 0 Å². The van der Waals surface area contributed by atoms with Crippen molar-refractivity contribution in [1.29, 1.82) is 0 Å². The van der Waals surface area contributed by atoms with Gasteiger partial charge in [0.25, 0.3) is 0 Å². The maximum atomic E-state index is 6.66. The van der Waals surface area contributed by atoms with Crippen LogP contribution in [0.15, 0.2) is 205 Å². The molecule has 4 aromatic heterocycles. The zero-order valence-electron chi connectivity index (χ0n) is 31.8. The monoisotopic (exact) mass is 751 g/mol. The minimum absolute atomic E-state index is 0.809. The van der Waals surface area contributed by atoms with E-state index in [0.717, 1.165) is 66.6 Å². The average molecular weight is 752 g/mol. The Morgan fingerprint density at radius 1 is 0.356 bits per heavy atom. The molecule has 0 radical (unpaired) electrons. The predicted octanol–water partition coefficient (Wildman–Crippen LogP) is 14.8. The quantitative estimate of drug-likeness (QED) is 0.168. The number of para-hydroxylation sites is 5. The van der Waals surface area contributed by atoms with Crippen LogP contribution >= 0.6 is 0 Å². The van der Waals surface area contributed by atoms with Crippen molar-refractivity contribution in [3.05, 3.63) is 200 Å². The summed E-state index contributed by atoms with van der Waals surface area (Å²) in [6.07, 6.45) is 0. The highest BCUT2D eigenvalue weighted by Crippen LogP contribution is 2.42. The summed E-state index contributed by atoms with van der Waals surface area (Å²) in [6, 6.07) is 72.1. The van der Waals surface area contributed by atoms with Crippen molar-refractivity contribution in [1.82, 2.24) is 14.1 Å². The van der Waals surface area contributed by atoms with Gasteiger partial charge >= 0.3 is 0 Å². The van der Waals surface area contributed by atoms with Crippen LogP contribution in [0.2, 0.25) is 0 Å². The van der Waals surface area contributed by atoms with E-state index in [1.807, 2.05) is 12.1 Å². The number of hydrogen-bond donors (Lipinski definition) is 0. The zero-order chi connectivity index (χ0) is 38.6. The van der Waals surface area contributed by atoms with Gasteiger partial charge in [0, 0.05) is 54.6 Å². The lowest BCUT2D eigenvalue weighted by molar-refractivity contribution is 0.669. The number of rotatable bonds is 4. The summed E-state index contributed by atoms with van der Waals surface area (Å²) in [5.41, 5.74) is 13.6. The molecule has 59 heavy (non-hydrogen) atoms. The molecule has 0 saturated carbocycles. The molecule has 0 aliphatic carbocycles. The van der Waals surface area contributed by atoms with Crippen molar-refractivity contribution in [3.8, 4) is 33.8 Å². The second-order valence-electron chi connectivity index (χ2n) is 15.5. The van der Waals surface area contributed by atoms with Gasteiger partial charge in [0.15, 0.2) is 5.58 Å². The van der Waals surface area contributed by atoms with Crippen LogP contribution in [-0.4, -0.2) is 14.1 Å². The van der Waals surface area contributed by atoms with Gasteiger partial charge in [-0.2, -0.15) is 0 Å². The van der Waals surface area contributed by atoms with E-state index >= 15 is 0 Å². The maximum absolute atomic E-state index is 6.66. The molecule has 0 fully saturated rings. The van der Waals surface area contributed by atoms with Gasteiger partial charge in [0.05, 0.1) is 27.6 Å². The Kier molecular flexibility index (Phi) is 6.69. The summed E-state index contributed by atoms with van der Waals surface area (Å²) in [5.74, 6) is 0. The molecule has 0 saturated heterocycles. The van der Waals surface area contributed by atoms with Crippen LogP contribution < -0.4 is 0 Å². The van der Waals surface area contributed by atoms with Crippen LogP contribution in [0.3, 0.4) is 0 Å². The van der Waals surface area contributed by atoms with Crippen molar-refractivity contribution >= 4 is 87.2 Å². The van der Waals surface area contributed by atoms with Gasteiger partial charge in [-0.1, -0.05) is 140 Å². The number of hydrogen-bond acceptors (Lipinski definition) is 2. The Hall–Kier alpha value is -7.95. The summed E-state index contributed by atoms with van der Waals surface area (Å²) in [5, 5.41) is 10.6. The number of nitrogens with zero attached hydrogens (tertiary/aromatic N) is 3. The lowest BCUT2D eigenvalue weighted by atomic mass is 9.98. The first-order chi connectivity index (χ1) is 29.2. The topological polar surface area (TPSA) is 35.9 Å². The number of aromatic nitrogens is 3. The van der Waals surface area contributed by atoms with Gasteiger partial charge in [0.2, 0.25) is 0 Å². The second kappa shape index (κ2) is 12.3. The number of pyridine rings is 1. The molecule has 0 aliphatic rings. The summed E-state index contributed by atoms with van der Waals surface area (Å²) in [6.45, 7) is 0. The first kappa shape index (κ1) is 32.2. The third-order valence-electron chi connectivity index (χ3n) is 12.2. The molecule has 13 aromatic rings. The Morgan fingerprint density at radius 3 is 1.37 bits per heavy atom. The molecule has 4 nitrogen and oxygen atoms in total. The normalized spacial score (nSPS) is 12.1. The van der Waals surface area contributed by atoms with Gasteiger partial charge in [-0.15, -0.1) is 0 Å². The molecule has 0 amide bonds. The average Bonchev–Trinajstić information content (AvgIpc) is 3.97. The Bertz CT molecular complexity index is 3610. The summed E-state index contributed by atoms with van der Waals surface area (Å²) < 4.78 is 11.5. The fourth-order valence-electron chi connectivity index (χ4n) is 9.61. The van der Waals surface area contributed by atoms with Crippen LogP contribution in [0.5, 0.6) is 0 Å². The molecular weight excluding hydrogens is 719 g/mol. The minimum Gasteiger partial charge on any atom is -0.454 e. The van der Waals surface area contributed by atoms with Crippen LogP contribution in [0.25, 0.3) is 121 Å². The SMILES string of the molecule is c1ccc2cc3c(cc2c1)nc(-c1ccc(-c2cc(-n4c5ccccc5c5ccccc54)cc(-n4c5ccccc5c5ccccc54)c2)cc1)c1oc2ccccc2c13. The molecule has 13 rings (SSSR count). The van der Waals surface area contributed by atoms with Gasteiger partial charge in [-0.3, -0.25) is 0 Å². The first-order valence-electron chi connectivity index (χ1n) is 20.1. The summed E-state index contributed by atoms with van der Waals surface area (Å²) in [4.78, 5) is 5.33. The van der Waals surface area contributed by atoms with Crippen molar-refractivity contribution < 1.29 is 4.42 Å². The molecule has 0 atom stereocenters. The maximum Gasteiger partial charge on any atom is 0.162 e. The Morgan fingerprint density at radius 2 is 0.814 bits per heavy atom. The molecule has 274 valence electrons. The first-order valence-corrected chi connectivity index (χ1v) is 20.1. The molecule has 0 spiro atoms. The van der Waals surface area contributed by atoms with Gasteiger partial charge < -0.3 is 13.6 Å². The second-order valence-corrected chi connectivity index (χ2v) is 15.5. The molecule has 0 unspecified atom stereocenters. The van der Waals surface area contributed by atoms with Crippen molar-refractivity contribution in [2.24, 2.45) is 0 Å². The van der Waals surface area contributed by atoms with Gasteiger partial charge in [0.1, 0.15) is 11.3 Å². The summed E-state index contributed by atoms with van der Waals surface area (Å²) in [7, 11) is 0. The van der Waals surface area contributed by atoms with Crippen LogP contribution in [0.1, 0.15) is 0 Å². The third kappa shape index (κ3) is 4.75. The fraction of sp³-hybridized carbons (Fsp3) is 0. The highest BCUT2D eigenvalue weighted by Gasteiger charge is 2.20.